The Bertz CT molecular complexity index is 415. The topological polar surface area (TPSA) is 4.93 Å². The molecule has 1 rings (SSSR count). The summed E-state index contributed by atoms with van der Waals surface area (Å²) in [6, 6.07) is 0. The predicted octanol–water partition coefficient (Wildman–Crippen LogP) is 6.43. The van der Waals surface area contributed by atoms with Crippen molar-refractivity contribution in [2.45, 2.75) is 41.5 Å². The Hall–Kier alpha value is -1.76. The van der Waals surface area contributed by atoms with E-state index in [-0.39, 0.29) is 0 Å². The molecule has 1 heteroatoms. The number of allylic oxidation sites excluding steroid dienone is 2. The molecule has 0 spiro atoms. The van der Waals surface area contributed by atoms with E-state index in [0.717, 1.165) is 11.1 Å². The highest BCUT2D eigenvalue weighted by atomic mass is 15.0. The van der Waals surface area contributed by atoms with Gasteiger partial charge >= 0.3 is 0 Å². The van der Waals surface area contributed by atoms with Gasteiger partial charge in [-0.15, -0.1) is 0 Å². The first kappa shape index (κ1) is 20.6. The average Bonchev–Trinajstić information content (AvgIpc) is 2.76. The normalized spacial score (nSPS) is 9.75. The summed E-state index contributed by atoms with van der Waals surface area (Å²) in [6.45, 7) is 19.8. The minimum absolute atomic E-state index is 1.14. The van der Waals surface area contributed by atoms with Crippen LogP contribution in [0.5, 0.6) is 0 Å². The van der Waals surface area contributed by atoms with Crippen molar-refractivity contribution in [3.8, 4) is 0 Å². The van der Waals surface area contributed by atoms with Gasteiger partial charge in [-0.2, -0.15) is 0 Å². The first-order valence-electron chi connectivity index (χ1n) is 7.44. The zero-order chi connectivity index (χ0) is 16.1. The number of hydrogen-bond acceptors (Lipinski definition) is 0. The summed E-state index contributed by atoms with van der Waals surface area (Å²) in [5.74, 6) is 0. The lowest BCUT2D eigenvalue weighted by molar-refractivity contribution is 0.900. The van der Waals surface area contributed by atoms with Crippen LogP contribution in [0.4, 0.5) is 0 Å². The second-order valence-corrected chi connectivity index (χ2v) is 3.57. The van der Waals surface area contributed by atoms with Crippen LogP contribution in [0.1, 0.15) is 64.1 Å². The highest BCUT2D eigenvalue weighted by Gasteiger charge is 2.12. The van der Waals surface area contributed by atoms with E-state index in [4.69, 9.17) is 0 Å². The summed E-state index contributed by atoms with van der Waals surface area (Å²) in [5, 5.41) is 0. The standard InChI is InChI=1S/C15H19N.2C2H6/c1-6-10-14-12(8-3)13(9-4)15(11-7-2)16(14)5;2*1-2/h6-11H,3-4H2,1-2,5H3;2*1-2H3/b10-6-,11-7-;;. The van der Waals surface area contributed by atoms with E-state index in [2.05, 4.69) is 36.9 Å². The van der Waals surface area contributed by atoms with Crippen molar-refractivity contribution in [3.63, 3.8) is 0 Å². The van der Waals surface area contributed by atoms with Crippen LogP contribution in [-0.2, 0) is 7.05 Å². The second kappa shape index (κ2) is 12.3. The van der Waals surface area contributed by atoms with E-state index in [1.807, 2.05) is 65.8 Å². The molecule has 1 heterocycles. The lowest BCUT2D eigenvalue weighted by Crippen LogP contribution is -1.94. The molecule has 0 aromatic carbocycles. The molecule has 1 aromatic rings. The molecule has 1 aromatic heterocycles. The van der Waals surface area contributed by atoms with E-state index in [1.54, 1.807) is 0 Å². The van der Waals surface area contributed by atoms with Crippen molar-refractivity contribution >= 4 is 24.3 Å². The third-order valence-electron chi connectivity index (χ3n) is 2.62. The summed E-state index contributed by atoms with van der Waals surface area (Å²) in [4.78, 5) is 0. The molecule has 20 heavy (non-hydrogen) atoms. The first-order valence-corrected chi connectivity index (χ1v) is 7.44. The Balaban J connectivity index is 0. The fourth-order valence-corrected chi connectivity index (χ4v) is 1.92. The van der Waals surface area contributed by atoms with Gasteiger partial charge in [0.25, 0.3) is 0 Å². The molecule has 0 aliphatic rings. The monoisotopic (exact) mass is 273 g/mol. The summed E-state index contributed by atoms with van der Waals surface area (Å²) in [6.07, 6.45) is 12.0. The maximum Gasteiger partial charge on any atom is 0.0485 e. The zero-order valence-electron chi connectivity index (χ0n) is 14.3. The Kier molecular flexibility index (Phi) is 12.6. The Morgan fingerprint density at radius 2 is 1.05 bits per heavy atom. The fourth-order valence-electron chi connectivity index (χ4n) is 1.92. The molecule has 0 amide bonds. The van der Waals surface area contributed by atoms with E-state index in [1.165, 1.54) is 11.4 Å². The average molecular weight is 273 g/mol. The third kappa shape index (κ3) is 4.73. The Morgan fingerprint density at radius 1 is 0.750 bits per heavy atom. The van der Waals surface area contributed by atoms with Crippen molar-refractivity contribution in [2.24, 2.45) is 7.05 Å². The van der Waals surface area contributed by atoms with Gasteiger partial charge in [0.05, 0.1) is 0 Å². The molecule has 0 aliphatic heterocycles. The maximum atomic E-state index is 3.88. The van der Waals surface area contributed by atoms with Crippen LogP contribution >= 0.6 is 0 Å². The largest absolute Gasteiger partial charge is 0.344 e. The summed E-state index contributed by atoms with van der Waals surface area (Å²) in [5.41, 5.74) is 4.62. The summed E-state index contributed by atoms with van der Waals surface area (Å²) < 4.78 is 2.16. The predicted molar refractivity (Wildman–Crippen MR) is 97.7 cm³/mol. The van der Waals surface area contributed by atoms with E-state index < -0.39 is 0 Å². The van der Waals surface area contributed by atoms with Crippen LogP contribution in [0.2, 0.25) is 0 Å². The lowest BCUT2D eigenvalue weighted by atomic mass is 10.1. The molecule has 0 saturated heterocycles. The molecule has 0 N–H and O–H groups in total. The SMILES string of the molecule is C=Cc1c(C=C)c(/C=C\C)n(C)c1/C=C\C.CC.CC. The minimum atomic E-state index is 1.14. The molecular weight excluding hydrogens is 242 g/mol. The van der Waals surface area contributed by atoms with E-state index >= 15 is 0 Å². The second-order valence-electron chi connectivity index (χ2n) is 3.57. The van der Waals surface area contributed by atoms with Crippen LogP contribution in [0.3, 0.4) is 0 Å². The van der Waals surface area contributed by atoms with Crippen molar-refractivity contribution in [1.29, 1.82) is 0 Å². The number of rotatable bonds is 4. The lowest BCUT2D eigenvalue weighted by Gasteiger charge is -2.01. The van der Waals surface area contributed by atoms with Crippen LogP contribution in [0, 0.1) is 0 Å². The first-order chi connectivity index (χ1) is 9.71. The van der Waals surface area contributed by atoms with Gasteiger partial charge in [0.15, 0.2) is 0 Å². The molecule has 0 atom stereocenters. The van der Waals surface area contributed by atoms with Crippen molar-refractivity contribution in [3.05, 3.63) is 47.8 Å². The van der Waals surface area contributed by atoms with Crippen LogP contribution in [-0.4, -0.2) is 4.57 Å². The van der Waals surface area contributed by atoms with E-state index in [9.17, 15) is 0 Å². The molecular formula is C19H31N. The minimum Gasteiger partial charge on any atom is -0.344 e. The fraction of sp³-hybridized carbons (Fsp3) is 0.368. The molecule has 0 fully saturated rings. The summed E-state index contributed by atoms with van der Waals surface area (Å²) >= 11 is 0. The van der Waals surface area contributed by atoms with Gasteiger partial charge in [0, 0.05) is 29.6 Å². The van der Waals surface area contributed by atoms with Crippen molar-refractivity contribution in [1.82, 2.24) is 4.57 Å². The molecule has 112 valence electrons. The van der Waals surface area contributed by atoms with Gasteiger partial charge in [0.2, 0.25) is 0 Å². The van der Waals surface area contributed by atoms with Crippen LogP contribution in [0.25, 0.3) is 24.3 Å². The maximum absolute atomic E-state index is 3.88. The van der Waals surface area contributed by atoms with Crippen molar-refractivity contribution < 1.29 is 0 Å². The van der Waals surface area contributed by atoms with E-state index in [0.29, 0.717) is 0 Å². The van der Waals surface area contributed by atoms with Gasteiger partial charge in [-0.3, -0.25) is 0 Å². The molecule has 0 unspecified atom stereocenters. The molecule has 0 radical (unpaired) electrons. The van der Waals surface area contributed by atoms with Gasteiger partial charge in [-0.25, -0.2) is 0 Å². The highest BCUT2D eigenvalue weighted by molar-refractivity contribution is 5.78. The smallest absolute Gasteiger partial charge is 0.0485 e. The number of hydrogen-bond donors (Lipinski definition) is 0. The number of nitrogens with zero attached hydrogens (tertiary/aromatic N) is 1. The highest BCUT2D eigenvalue weighted by Crippen LogP contribution is 2.26. The van der Waals surface area contributed by atoms with Gasteiger partial charge in [0.1, 0.15) is 0 Å². The van der Waals surface area contributed by atoms with Gasteiger partial charge in [-0.05, 0) is 26.0 Å². The van der Waals surface area contributed by atoms with Crippen LogP contribution in [0.15, 0.2) is 25.3 Å². The van der Waals surface area contributed by atoms with Gasteiger partial charge in [-0.1, -0.05) is 65.2 Å². The molecule has 0 aliphatic carbocycles. The van der Waals surface area contributed by atoms with Crippen molar-refractivity contribution in [2.75, 3.05) is 0 Å². The Labute approximate surface area is 126 Å². The molecule has 1 nitrogen and oxygen atoms in total. The molecule has 0 bridgehead atoms. The summed E-state index contributed by atoms with van der Waals surface area (Å²) in [7, 11) is 2.06. The van der Waals surface area contributed by atoms with Gasteiger partial charge < -0.3 is 4.57 Å². The quantitative estimate of drug-likeness (QED) is 0.595. The molecule has 0 saturated carbocycles. The zero-order valence-corrected chi connectivity index (χ0v) is 14.3. The third-order valence-corrected chi connectivity index (χ3v) is 2.62. The van der Waals surface area contributed by atoms with Crippen LogP contribution < -0.4 is 0 Å². The number of aromatic nitrogens is 1. The Morgan fingerprint density at radius 3 is 1.25 bits per heavy atom.